The van der Waals surface area contributed by atoms with Crippen LogP contribution in [-0.4, -0.2) is 44.8 Å². The smallest absolute Gasteiger partial charge is 0.304 e. The van der Waals surface area contributed by atoms with Crippen LogP contribution in [0.15, 0.2) is 0 Å². The fourth-order valence-electron chi connectivity index (χ4n) is 1.76. The van der Waals surface area contributed by atoms with Crippen LogP contribution in [0.25, 0.3) is 0 Å². The lowest BCUT2D eigenvalue weighted by molar-refractivity contribution is -0.205. The molecule has 0 aromatic rings. The third-order valence-electron chi connectivity index (χ3n) is 2.46. The molecule has 0 unspecified atom stereocenters. The summed E-state index contributed by atoms with van der Waals surface area (Å²) in [6.45, 7) is 1.58. The third-order valence-corrected chi connectivity index (χ3v) is 2.46. The molecule has 90 valence electrons. The summed E-state index contributed by atoms with van der Waals surface area (Å²) in [5.41, 5.74) is -1.32. The molecule has 0 radical (unpaired) electrons. The van der Waals surface area contributed by atoms with Gasteiger partial charge in [0.2, 0.25) is 5.60 Å². The monoisotopic (exact) mass is 229 g/mol. The van der Waals surface area contributed by atoms with Crippen molar-refractivity contribution in [1.82, 2.24) is 0 Å². The Hall–Kier alpha value is -1.16. The van der Waals surface area contributed by atoms with Gasteiger partial charge in [0.25, 0.3) is 0 Å². The normalized spacial score (nSPS) is 29.1. The number of methoxy groups -OCH3 is 2. The molecule has 0 saturated carbocycles. The molecule has 16 heavy (non-hydrogen) atoms. The molecule has 6 nitrogen and oxygen atoms in total. The van der Waals surface area contributed by atoms with Gasteiger partial charge >= 0.3 is 5.97 Å². The highest BCUT2D eigenvalue weighted by Gasteiger charge is 2.52. The maximum Gasteiger partial charge on any atom is 0.304 e. The van der Waals surface area contributed by atoms with Crippen molar-refractivity contribution in [3.63, 3.8) is 0 Å². The highest BCUT2D eigenvalue weighted by Crippen LogP contribution is 2.32. The second kappa shape index (κ2) is 5.25. The van der Waals surface area contributed by atoms with Gasteiger partial charge in [-0.15, -0.1) is 0 Å². The predicted molar refractivity (Wildman–Crippen MR) is 52.3 cm³/mol. The Balaban J connectivity index is 2.90. The SMILES string of the molecule is COC(OC)[C@@H]1OCC[C@@]1(C#N)OC(C)=O. The molecule has 0 aromatic heterocycles. The maximum absolute atomic E-state index is 11.0. The highest BCUT2D eigenvalue weighted by molar-refractivity contribution is 5.67. The van der Waals surface area contributed by atoms with Crippen LogP contribution in [0, 0.1) is 11.3 Å². The van der Waals surface area contributed by atoms with Crippen LogP contribution in [0.5, 0.6) is 0 Å². The molecule has 1 aliphatic heterocycles. The van der Waals surface area contributed by atoms with Crippen LogP contribution >= 0.6 is 0 Å². The molecule has 0 spiro atoms. The minimum Gasteiger partial charge on any atom is -0.441 e. The maximum atomic E-state index is 11.0. The van der Waals surface area contributed by atoms with Crippen molar-refractivity contribution in [2.45, 2.75) is 31.3 Å². The van der Waals surface area contributed by atoms with E-state index in [2.05, 4.69) is 0 Å². The second-order valence-electron chi connectivity index (χ2n) is 3.48. The van der Waals surface area contributed by atoms with E-state index in [0.717, 1.165) is 0 Å². The van der Waals surface area contributed by atoms with E-state index >= 15 is 0 Å². The lowest BCUT2D eigenvalue weighted by Gasteiger charge is -2.30. The van der Waals surface area contributed by atoms with Crippen molar-refractivity contribution in [1.29, 1.82) is 5.26 Å². The Kier molecular flexibility index (Phi) is 4.24. The number of hydrogen-bond acceptors (Lipinski definition) is 6. The zero-order valence-corrected chi connectivity index (χ0v) is 9.56. The van der Waals surface area contributed by atoms with Gasteiger partial charge in [0.05, 0.1) is 6.61 Å². The first kappa shape index (κ1) is 12.9. The fraction of sp³-hybridized carbons (Fsp3) is 0.800. The molecule has 1 heterocycles. The summed E-state index contributed by atoms with van der Waals surface area (Å²) < 4.78 is 20.5. The van der Waals surface area contributed by atoms with Crippen molar-refractivity contribution in [3.8, 4) is 6.07 Å². The quantitative estimate of drug-likeness (QED) is 0.507. The van der Waals surface area contributed by atoms with E-state index in [4.69, 9.17) is 24.2 Å². The zero-order valence-electron chi connectivity index (χ0n) is 9.56. The number of carbonyl (C=O) groups is 1. The van der Waals surface area contributed by atoms with Crippen LogP contribution in [0.2, 0.25) is 0 Å². The average Bonchev–Trinajstić information content (AvgIpc) is 2.64. The van der Waals surface area contributed by atoms with Gasteiger partial charge in [0.15, 0.2) is 12.4 Å². The first-order valence-corrected chi connectivity index (χ1v) is 4.87. The van der Waals surface area contributed by atoms with Gasteiger partial charge < -0.3 is 18.9 Å². The van der Waals surface area contributed by atoms with Crippen LogP contribution in [-0.2, 0) is 23.7 Å². The summed E-state index contributed by atoms with van der Waals surface area (Å²) in [6, 6.07) is 1.98. The number of rotatable bonds is 4. The van der Waals surface area contributed by atoms with E-state index in [-0.39, 0.29) is 0 Å². The number of esters is 1. The first-order valence-electron chi connectivity index (χ1n) is 4.87. The van der Waals surface area contributed by atoms with Gasteiger partial charge in [-0.3, -0.25) is 4.79 Å². The Morgan fingerprint density at radius 3 is 2.62 bits per heavy atom. The molecule has 2 atom stereocenters. The topological polar surface area (TPSA) is 77.8 Å². The number of carbonyl (C=O) groups excluding carboxylic acids is 1. The van der Waals surface area contributed by atoms with Crippen LogP contribution < -0.4 is 0 Å². The molecule has 6 heteroatoms. The number of nitriles is 1. The lowest BCUT2D eigenvalue weighted by Crippen LogP contribution is -2.49. The summed E-state index contributed by atoms with van der Waals surface area (Å²) in [5, 5.41) is 9.16. The summed E-state index contributed by atoms with van der Waals surface area (Å²) in [4.78, 5) is 11.0. The predicted octanol–water partition coefficient (Wildman–Crippen LogP) is 0.220. The van der Waals surface area contributed by atoms with Crippen molar-refractivity contribution >= 4 is 5.97 Å². The van der Waals surface area contributed by atoms with Crippen LogP contribution in [0.3, 0.4) is 0 Å². The van der Waals surface area contributed by atoms with Crippen LogP contribution in [0.1, 0.15) is 13.3 Å². The Morgan fingerprint density at radius 2 is 2.19 bits per heavy atom. The molecule has 1 rings (SSSR count). The van der Waals surface area contributed by atoms with E-state index in [0.29, 0.717) is 13.0 Å². The molecular weight excluding hydrogens is 214 g/mol. The number of ether oxygens (including phenoxy) is 4. The molecule has 1 aliphatic rings. The largest absolute Gasteiger partial charge is 0.441 e. The van der Waals surface area contributed by atoms with Gasteiger partial charge in [0, 0.05) is 27.6 Å². The standard InChI is InChI=1S/C10H15NO5/c1-7(12)16-10(6-11)4-5-15-8(10)9(13-2)14-3/h8-9H,4-5H2,1-3H3/t8-,10-/m0/s1. The zero-order chi connectivity index (χ0) is 12.2. The van der Waals surface area contributed by atoms with E-state index in [9.17, 15) is 4.79 Å². The number of hydrogen-bond donors (Lipinski definition) is 0. The Morgan fingerprint density at radius 1 is 1.56 bits per heavy atom. The van der Waals surface area contributed by atoms with E-state index in [1.165, 1.54) is 21.1 Å². The summed E-state index contributed by atoms with van der Waals surface area (Å²) in [5.74, 6) is -0.525. The van der Waals surface area contributed by atoms with E-state index in [1.807, 2.05) is 6.07 Å². The summed E-state index contributed by atoms with van der Waals surface area (Å²) in [7, 11) is 2.87. The van der Waals surface area contributed by atoms with Gasteiger partial charge in [-0.2, -0.15) is 5.26 Å². The van der Waals surface area contributed by atoms with Crippen molar-refractivity contribution in [3.05, 3.63) is 0 Å². The van der Waals surface area contributed by atoms with E-state index < -0.39 is 24.0 Å². The molecule has 0 N–H and O–H groups in total. The van der Waals surface area contributed by atoms with Gasteiger partial charge in [-0.05, 0) is 0 Å². The van der Waals surface area contributed by atoms with Gasteiger partial charge in [0.1, 0.15) is 6.07 Å². The van der Waals surface area contributed by atoms with Gasteiger partial charge in [-0.25, -0.2) is 0 Å². The first-order chi connectivity index (χ1) is 7.59. The second-order valence-corrected chi connectivity index (χ2v) is 3.48. The molecule has 0 aliphatic carbocycles. The lowest BCUT2D eigenvalue weighted by atomic mass is 9.96. The van der Waals surface area contributed by atoms with Crippen molar-refractivity contribution < 1.29 is 23.7 Å². The van der Waals surface area contributed by atoms with Gasteiger partial charge in [-0.1, -0.05) is 0 Å². The summed E-state index contributed by atoms with van der Waals surface area (Å²) in [6.07, 6.45) is -1.14. The molecule has 0 aromatic carbocycles. The Bertz CT molecular complexity index is 296. The highest BCUT2D eigenvalue weighted by atomic mass is 16.7. The minimum absolute atomic E-state index is 0.316. The van der Waals surface area contributed by atoms with Crippen molar-refractivity contribution in [2.75, 3.05) is 20.8 Å². The molecular formula is C10H15NO5. The Labute approximate surface area is 94.0 Å². The molecule has 0 amide bonds. The molecule has 0 bridgehead atoms. The van der Waals surface area contributed by atoms with Crippen LogP contribution in [0.4, 0.5) is 0 Å². The minimum atomic E-state index is -1.32. The summed E-state index contributed by atoms with van der Waals surface area (Å²) >= 11 is 0. The third kappa shape index (κ3) is 2.32. The molecule has 1 fully saturated rings. The van der Waals surface area contributed by atoms with Crippen molar-refractivity contribution in [2.24, 2.45) is 0 Å². The average molecular weight is 229 g/mol. The van der Waals surface area contributed by atoms with E-state index in [1.54, 1.807) is 0 Å². The number of nitrogens with zero attached hydrogens (tertiary/aromatic N) is 1. The fourth-order valence-corrected chi connectivity index (χ4v) is 1.76. The molecule has 1 saturated heterocycles.